The summed E-state index contributed by atoms with van der Waals surface area (Å²) in [6.45, 7) is 0. The lowest BCUT2D eigenvalue weighted by Crippen LogP contribution is -2.39. The van der Waals surface area contributed by atoms with Crippen LogP contribution in [0, 0.1) is 0 Å². The number of benzene rings is 2. The molecule has 2 aromatic carbocycles. The predicted molar refractivity (Wildman–Crippen MR) is 117 cm³/mol. The summed E-state index contributed by atoms with van der Waals surface area (Å²) in [6.07, 6.45) is 1.55. The Bertz CT molecular complexity index is 1150. The summed E-state index contributed by atoms with van der Waals surface area (Å²) in [7, 11) is 0. The van der Waals surface area contributed by atoms with E-state index in [1.54, 1.807) is 30.2 Å². The fraction of sp³-hybridized carbons (Fsp3) is 0.136. The van der Waals surface area contributed by atoms with E-state index in [9.17, 15) is 4.79 Å². The van der Waals surface area contributed by atoms with Crippen molar-refractivity contribution < 1.29 is 13.6 Å². The second kappa shape index (κ2) is 8.41. The van der Waals surface area contributed by atoms with Gasteiger partial charge in [0, 0.05) is 10.6 Å². The van der Waals surface area contributed by atoms with Crippen molar-refractivity contribution in [1.29, 1.82) is 0 Å². The SMILES string of the molecule is O=C(CSc1nnc(-c2ccco2)o1)N1c2ccccc2SCC1c1ccccc1. The Kier molecular flexibility index (Phi) is 5.33. The fourth-order valence-corrected chi connectivity index (χ4v) is 5.17. The molecule has 4 aromatic rings. The average Bonchev–Trinajstić information content (AvgIpc) is 3.49. The van der Waals surface area contributed by atoms with Gasteiger partial charge in [-0.3, -0.25) is 4.79 Å². The molecule has 2 aromatic heterocycles. The van der Waals surface area contributed by atoms with Crippen molar-refractivity contribution in [3.05, 3.63) is 78.6 Å². The molecule has 0 saturated heterocycles. The normalized spacial score (nSPS) is 15.7. The van der Waals surface area contributed by atoms with Crippen LogP contribution in [0.1, 0.15) is 11.6 Å². The number of anilines is 1. The average molecular weight is 436 g/mol. The molecule has 3 heterocycles. The van der Waals surface area contributed by atoms with Gasteiger partial charge in [-0.2, -0.15) is 0 Å². The second-order valence-corrected chi connectivity index (χ2v) is 8.60. The highest BCUT2D eigenvalue weighted by Gasteiger charge is 2.32. The van der Waals surface area contributed by atoms with Crippen molar-refractivity contribution >= 4 is 35.1 Å². The van der Waals surface area contributed by atoms with Crippen LogP contribution in [-0.4, -0.2) is 27.6 Å². The van der Waals surface area contributed by atoms with E-state index in [2.05, 4.69) is 28.4 Å². The number of nitrogens with zero attached hydrogens (tertiary/aromatic N) is 3. The molecule has 6 nitrogen and oxygen atoms in total. The number of rotatable bonds is 5. The first kappa shape index (κ1) is 19.0. The van der Waals surface area contributed by atoms with Crippen molar-refractivity contribution in [2.24, 2.45) is 0 Å². The van der Waals surface area contributed by atoms with Crippen molar-refractivity contribution in [3.8, 4) is 11.7 Å². The zero-order chi connectivity index (χ0) is 20.3. The fourth-order valence-electron chi connectivity index (χ4n) is 3.38. The number of hydrogen-bond donors (Lipinski definition) is 0. The third kappa shape index (κ3) is 3.76. The quantitative estimate of drug-likeness (QED) is 0.394. The molecular formula is C22H17N3O3S2. The van der Waals surface area contributed by atoms with E-state index in [-0.39, 0.29) is 17.7 Å². The molecule has 1 unspecified atom stereocenters. The lowest BCUT2D eigenvalue weighted by molar-refractivity contribution is -0.116. The zero-order valence-electron chi connectivity index (χ0n) is 15.8. The number of carbonyl (C=O) groups excluding carboxylic acids is 1. The second-order valence-electron chi connectivity index (χ2n) is 6.61. The maximum absolute atomic E-state index is 13.3. The molecule has 1 amide bonds. The van der Waals surface area contributed by atoms with Crippen molar-refractivity contribution in [2.75, 3.05) is 16.4 Å². The summed E-state index contributed by atoms with van der Waals surface area (Å²) < 4.78 is 10.9. The van der Waals surface area contributed by atoms with Crippen LogP contribution < -0.4 is 4.90 Å². The Labute approximate surface area is 181 Å². The minimum Gasteiger partial charge on any atom is -0.459 e. The van der Waals surface area contributed by atoms with Crippen molar-refractivity contribution in [2.45, 2.75) is 16.2 Å². The summed E-state index contributed by atoms with van der Waals surface area (Å²) in [5.74, 6) is 1.81. The highest BCUT2D eigenvalue weighted by Crippen LogP contribution is 2.43. The highest BCUT2D eigenvalue weighted by atomic mass is 32.2. The molecule has 0 bridgehead atoms. The molecule has 8 heteroatoms. The van der Waals surface area contributed by atoms with Gasteiger partial charge in [-0.1, -0.05) is 54.2 Å². The Balaban J connectivity index is 1.38. The monoisotopic (exact) mass is 435 g/mol. The summed E-state index contributed by atoms with van der Waals surface area (Å²) in [6, 6.07) is 21.6. The van der Waals surface area contributed by atoms with Crippen LogP contribution in [0.5, 0.6) is 0 Å². The van der Waals surface area contributed by atoms with E-state index in [0.717, 1.165) is 21.9 Å². The molecule has 0 radical (unpaired) electrons. The molecule has 150 valence electrons. The Morgan fingerprint density at radius 3 is 2.73 bits per heavy atom. The molecule has 1 aliphatic rings. The van der Waals surface area contributed by atoms with Gasteiger partial charge in [-0.05, 0) is 29.8 Å². The number of furan rings is 1. The van der Waals surface area contributed by atoms with Crippen LogP contribution in [0.15, 0.2) is 91.9 Å². The van der Waals surface area contributed by atoms with Gasteiger partial charge < -0.3 is 13.7 Å². The van der Waals surface area contributed by atoms with Crippen LogP contribution in [-0.2, 0) is 4.79 Å². The lowest BCUT2D eigenvalue weighted by Gasteiger charge is -2.37. The molecule has 0 N–H and O–H groups in total. The standard InChI is InChI=1S/C22H17N3O3S2/c26-20(14-30-22-24-23-21(28-22)18-10-6-12-27-18)25-16-9-4-5-11-19(16)29-13-17(25)15-7-2-1-3-8-15/h1-12,17H,13-14H2. The van der Waals surface area contributed by atoms with Gasteiger partial charge in [-0.15, -0.1) is 22.0 Å². The van der Waals surface area contributed by atoms with Gasteiger partial charge in [0.25, 0.3) is 11.1 Å². The van der Waals surface area contributed by atoms with Crippen LogP contribution >= 0.6 is 23.5 Å². The summed E-state index contributed by atoms with van der Waals surface area (Å²) >= 11 is 3.01. The van der Waals surface area contributed by atoms with Crippen LogP contribution in [0.3, 0.4) is 0 Å². The number of thioether (sulfide) groups is 2. The smallest absolute Gasteiger partial charge is 0.284 e. The number of amides is 1. The first-order valence-corrected chi connectivity index (χ1v) is 11.4. The third-order valence-electron chi connectivity index (χ3n) is 4.74. The number of carbonyl (C=O) groups is 1. The molecular weight excluding hydrogens is 418 g/mol. The number of para-hydroxylation sites is 1. The zero-order valence-corrected chi connectivity index (χ0v) is 17.4. The van der Waals surface area contributed by atoms with Crippen LogP contribution in [0.2, 0.25) is 0 Å². The van der Waals surface area contributed by atoms with Crippen LogP contribution in [0.4, 0.5) is 5.69 Å². The van der Waals surface area contributed by atoms with Gasteiger partial charge in [0.15, 0.2) is 5.76 Å². The number of fused-ring (bicyclic) bond motifs is 1. The summed E-state index contributed by atoms with van der Waals surface area (Å²) in [5, 5.41) is 8.35. The minimum atomic E-state index is -0.0273. The molecule has 0 fully saturated rings. The summed E-state index contributed by atoms with van der Waals surface area (Å²) in [5.41, 5.74) is 2.06. The topological polar surface area (TPSA) is 72.4 Å². The van der Waals surface area contributed by atoms with E-state index in [0.29, 0.717) is 16.9 Å². The number of aromatic nitrogens is 2. The maximum Gasteiger partial charge on any atom is 0.284 e. The first-order valence-electron chi connectivity index (χ1n) is 9.38. The molecule has 30 heavy (non-hydrogen) atoms. The molecule has 1 aliphatic heterocycles. The first-order chi connectivity index (χ1) is 14.8. The van der Waals surface area contributed by atoms with Crippen LogP contribution in [0.25, 0.3) is 11.7 Å². The Morgan fingerprint density at radius 1 is 1.07 bits per heavy atom. The molecule has 0 spiro atoms. The highest BCUT2D eigenvalue weighted by molar-refractivity contribution is 8.00. The van der Waals surface area contributed by atoms with Gasteiger partial charge in [0.2, 0.25) is 5.91 Å². The van der Waals surface area contributed by atoms with E-state index in [1.807, 2.05) is 41.3 Å². The molecule has 1 atom stereocenters. The van der Waals surface area contributed by atoms with Gasteiger partial charge in [0.05, 0.1) is 23.7 Å². The Morgan fingerprint density at radius 2 is 1.90 bits per heavy atom. The van der Waals surface area contributed by atoms with Gasteiger partial charge in [-0.25, -0.2) is 0 Å². The van der Waals surface area contributed by atoms with E-state index < -0.39 is 0 Å². The molecule has 5 rings (SSSR count). The van der Waals surface area contributed by atoms with E-state index in [1.165, 1.54) is 11.8 Å². The Hall–Kier alpha value is -2.97. The van der Waals surface area contributed by atoms with E-state index in [4.69, 9.17) is 8.83 Å². The molecule has 0 saturated carbocycles. The molecule has 0 aliphatic carbocycles. The maximum atomic E-state index is 13.3. The minimum absolute atomic E-state index is 0.000600. The third-order valence-corrected chi connectivity index (χ3v) is 6.69. The largest absolute Gasteiger partial charge is 0.459 e. The number of hydrogen-bond acceptors (Lipinski definition) is 7. The van der Waals surface area contributed by atoms with Crippen molar-refractivity contribution in [3.63, 3.8) is 0 Å². The van der Waals surface area contributed by atoms with Gasteiger partial charge >= 0.3 is 0 Å². The van der Waals surface area contributed by atoms with E-state index >= 15 is 0 Å². The summed E-state index contributed by atoms with van der Waals surface area (Å²) in [4.78, 5) is 16.4. The van der Waals surface area contributed by atoms with Gasteiger partial charge in [0.1, 0.15) is 0 Å². The lowest BCUT2D eigenvalue weighted by atomic mass is 10.1. The van der Waals surface area contributed by atoms with Crippen molar-refractivity contribution in [1.82, 2.24) is 10.2 Å². The predicted octanol–water partition coefficient (Wildman–Crippen LogP) is 5.30.